The molecule has 1 N–H and O–H groups in total. The van der Waals surface area contributed by atoms with Crippen molar-refractivity contribution >= 4 is 21.4 Å². The van der Waals surface area contributed by atoms with Crippen LogP contribution in [0.15, 0.2) is 24.3 Å². The lowest BCUT2D eigenvalue weighted by molar-refractivity contribution is 0.276. The number of nitrogens with one attached hydrogen (secondary N) is 1. The second kappa shape index (κ2) is 7.58. The summed E-state index contributed by atoms with van der Waals surface area (Å²) in [6.07, 6.45) is 0.968. The standard InChI is InChI=1S/C15H23ClN2O2S/c1-2-17-15(13-3-5-14(16)6-4-13)7-8-18-9-11-21(19,20)12-10-18/h3-6,15,17H,2,7-12H2,1H3. The number of hydrogen-bond donors (Lipinski definition) is 1. The molecule has 1 fully saturated rings. The van der Waals surface area contributed by atoms with E-state index in [2.05, 4.69) is 29.3 Å². The van der Waals surface area contributed by atoms with Gasteiger partial charge in [-0.1, -0.05) is 30.7 Å². The molecule has 0 bridgehead atoms. The summed E-state index contributed by atoms with van der Waals surface area (Å²) in [7, 11) is -2.79. The van der Waals surface area contributed by atoms with Crippen LogP contribution in [0.4, 0.5) is 0 Å². The third-order valence-electron chi connectivity index (χ3n) is 3.89. The smallest absolute Gasteiger partial charge is 0.152 e. The van der Waals surface area contributed by atoms with Gasteiger partial charge >= 0.3 is 0 Å². The highest BCUT2D eigenvalue weighted by atomic mass is 35.5. The predicted octanol–water partition coefficient (Wildman–Crippen LogP) is 2.11. The molecule has 6 heteroatoms. The highest BCUT2D eigenvalue weighted by Gasteiger charge is 2.22. The van der Waals surface area contributed by atoms with Crippen molar-refractivity contribution in [3.63, 3.8) is 0 Å². The minimum Gasteiger partial charge on any atom is -0.310 e. The van der Waals surface area contributed by atoms with Crippen molar-refractivity contribution in [2.24, 2.45) is 0 Å². The number of halogens is 1. The molecule has 1 aliphatic rings. The molecule has 21 heavy (non-hydrogen) atoms. The van der Waals surface area contributed by atoms with Crippen molar-refractivity contribution in [3.05, 3.63) is 34.9 Å². The van der Waals surface area contributed by atoms with E-state index in [0.717, 1.165) is 24.5 Å². The van der Waals surface area contributed by atoms with E-state index >= 15 is 0 Å². The minimum absolute atomic E-state index is 0.283. The van der Waals surface area contributed by atoms with Crippen molar-refractivity contribution in [2.75, 3.05) is 37.7 Å². The predicted molar refractivity (Wildman–Crippen MR) is 87.6 cm³/mol. The Morgan fingerprint density at radius 1 is 1.24 bits per heavy atom. The molecule has 0 radical (unpaired) electrons. The molecule has 4 nitrogen and oxygen atoms in total. The van der Waals surface area contributed by atoms with E-state index in [1.165, 1.54) is 5.56 Å². The van der Waals surface area contributed by atoms with E-state index in [4.69, 9.17) is 11.6 Å². The maximum absolute atomic E-state index is 11.4. The molecule has 1 saturated heterocycles. The molecule has 0 aliphatic carbocycles. The topological polar surface area (TPSA) is 49.4 Å². The van der Waals surface area contributed by atoms with Crippen LogP contribution < -0.4 is 5.32 Å². The third-order valence-corrected chi connectivity index (χ3v) is 5.76. The molecule has 2 rings (SSSR count). The van der Waals surface area contributed by atoms with Crippen molar-refractivity contribution < 1.29 is 8.42 Å². The Morgan fingerprint density at radius 3 is 2.43 bits per heavy atom. The highest BCUT2D eigenvalue weighted by Crippen LogP contribution is 2.20. The molecule has 0 saturated carbocycles. The van der Waals surface area contributed by atoms with Gasteiger partial charge in [-0.25, -0.2) is 8.42 Å². The normalized spacial score (nSPS) is 20.3. The van der Waals surface area contributed by atoms with Crippen LogP contribution >= 0.6 is 11.6 Å². The van der Waals surface area contributed by atoms with Gasteiger partial charge in [-0.3, -0.25) is 0 Å². The number of nitrogens with zero attached hydrogens (tertiary/aromatic N) is 1. The van der Waals surface area contributed by atoms with Gasteiger partial charge in [-0.2, -0.15) is 0 Å². The van der Waals surface area contributed by atoms with Crippen LogP contribution in [0.1, 0.15) is 24.9 Å². The van der Waals surface area contributed by atoms with E-state index in [-0.39, 0.29) is 6.04 Å². The summed E-state index contributed by atoms with van der Waals surface area (Å²) in [5.41, 5.74) is 1.23. The second-order valence-corrected chi connectivity index (χ2v) is 8.18. The number of benzene rings is 1. The fourth-order valence-corrected chi connectivity index (χ4v) is 4.02. The van der Waals surface area contributed by atoms with Crippen LogP contribution in [0.3, 0.4) is 0 Å². The van der Waals surface area contributed by atoms with Gasteiger partial charge in [0, 0.05) is 30.7 Å². The van der Waals surface area contributed by atoms with Crippen molar-refractivity contribution in [1.29, 1.82) is 0 Å². The fourth-order valence-electron chi connectivity index (χ4n) is 2.61. The van der Waals surface area contributed by atoms with Gasteiger partial charge in [0.2, 0.25) is 0 Å². The molecule has 118 valence electrons. The Balaban J connectivity index is 1.90. The number of sulfone groups is 1. The first-order valence-corrected chi connectivity index (χ1v) is 9.62. The monoisotopic (exact) mass is 330 g/mol. The summed E-state index contributed by atoms with van der Waals surface area (Å²) in [5.74, 6) is 0.583. The summed E-state index contributed by atoms with van der Waals surface area (Å²) in [4.78, 5) is 2.24. The molecular formula is C15H23ClN2O2S. The van der Waals surface area contributed by atoms with E-state index in [9.17, 15) is 8.42 Å². The highest BCUT2D eigenvalue weighted by molar-refractivity contribution is 7.91. The zero-order valence-electron chi connectivity index (χ0n) is 12.4. The summed E-state index contributed by atoms with van der Waals surface area (Å²) < 4.78 is 22.9. The third kappa shape index (κ3) is 5.25. The van der Waals surface area contributed by atoms with Crippen molar-refractivity contribution in [3.8, 4) is 0 Å². The van der Waals surface area contributed by atoms with E-state index in [1.54, 1.807) is 0 Å². The quantitative estimate of drug-likeness (QED) is 0.868. The Labute approximate surface area is 132 Å². The van der Waals surface area contributed by atoms with Crippen LogP contribution in [-0.4, -0.2) is 51.0 Å². The van der Waals surface area contributed by atoms with Gasteiger partial charge in [0.05, 0.1) is 11.5 Å². The fraction of sp³-hybridized carbons (Fsp3) is 0.600. The summed E-state index contributed by atoms with van der Waals surface area (Å²) in [5, 5.41) is 4.23. The van der Waals surface area contributed by atoms with E-state index < -0.39 is 9.84 Å². The maximum atomic E-state index is 11.4. The van der Waals surface area contributed by atoms with Gasteiger partial charge in [0.25, 0.3) is 0 Å². The van der Waals surface area contributed by atoms with Crippen LogP contribution in [-0.2, 0) is 9.84 Å². The first-order valence-electron chi connectivity index (χ1n) is 7.42. The first kappa shape index (κ1) is 16.7. The Hall–Kier alpha value is -0.620. The SMILES string of the molecule is CCNC(CCN1CCS(=O)(=O)CC1)c1ccc(Cl)cc1. The summed E-state index contributed by atoms with van der Waals surface area (Å²) in [6.45, 7) is 5.22. The second-order valence-electron chi connectivity index (χ2n) is 5.44. The largest absolute Gasteiger partial charge is 0.310 e. The Morgan fingerprint density at radius 2 is 1.86 bits per heavy atom. The molecule has 0 spiro atoms. The minimum atomic E-state index is -2.79. The first-order chi connectivity index (χ1) is 10.00. The number of rotatable bonds is 6. The van der Waals surface area contributed by atoms with E-state index in [1.807, 2.05) is 12.1 Å². The van der Waals surface area contributed by atoms with Crippen LogP contribution in [0, 0.1) is 0 Å². The molecule has 1 heterocycles. The average molecular weight is 331 g/mol. The molecule has 1 aromatic carbocycles. The van der Waals surface area contributed by atoms with Gasteiger partial charge in [-0.05, 0) is 30.7 Å². The van der Waals surface area contributed by atoms with Crippen molar-refractivity contribution in [2.45, 2.75) is 19.4 Å². The molecule has 1 aliphatic heterocycles. The van der Waals surface area contributed by atoms with Gasteiger partial charge < -0.3 is 10.2 Å². The zero-order valence-corrected chi connectivity index (χ0v) is 14.0. The summed E-state index contributed by atoms with van der Waals surface area (Å²) >= 11 is 5.93. The zero-order chi connectivity index (χ0) is 15.3. The van der Waals surface area contributed by atoms with Crippen LogP contribution in [0.5, 0.6) is 0 Å². The Kier molecular flexibility index (Phi) is 6.05. The van der Waals surface area contributed by atoms with Crippen LogP contribution in [0.25, 0.3) is 0 Å². The number of hydrogen-bond acceptors (Lipinski definition) is 4. The molecule has 0 amide bonds. The maximum Gasteiger partial charge on any atom is 0.152 e. The molecular weight excluding hydrogens is 308 g/mol. The van der Waals surface area contributed by atoms with E-state index in [0.29, 0.717) is 24.6 Å². The molecule has 1 atom stereocenters. The Bertz CT molecular complexity index is 531. The van der Waals surface area contributed by atoms with Gasteiger partial charge in [-0.15, -0.1) is 0 Å². The lowest BCUT2D eigenvalue weighted by Gasteiger charge is -2.28. The molecule has 1 aromatic rings. The molecule has 1 unspecified atom stereocenters. The van der Waals surface area contributed by atoms with Crippen LogP contribution in [0.2, 0.25) is 5.02 Å². The lowest BCUT2D eigenvalue weighted by atomic mass is 10.0. The lowest BCUT2D eigenvalue weighted by Crippen LogP contribution is -2.41. The van der Waals surface area contributed by atoms with Gasteiger partial charge in [0.1, 0.15) is 0 Å². The van der Waals surface area contributed by atoms with Crippen molar-refractivity contribution in [1.82, 2.24) is 10.2 Å². The average Bonchev–Trinajstić information content (AvgIpc) is 2.46. The summed E-state index contributed by atoms with van der Waals surface area (Å²) in [6, 6.07) is 8.21. The molecule has 0 aromatic heterocycles. The van der Waals surface area contributed by atoms with Gasteiger partial charge in [0.15, 0.2) is 9.84 Å².